The zero-order valence-corrected chi connectivity index (χ0v) is 12.5. The molecule has 0 fully saturated rings. The zero-order valence-electron chi connectivity index (χ0n) is 11.7. The summed E-state index contributed by atoms with van der Waals surface area (Å²) in [5.41, 5.74) is 1.46. The first-order chi connectivity index (χ1) is 10.6. The van der Waals surface area contributed by atoms with E-state index in [1.165, 1.54) is 4.80 Å². The number of halogens is 1. The van der Waals surface area contributed by atoms with Gasteiger partial charge in [-0.15, -0.1) is 5.10 Å². The second-order valence-electron chi connectivity index (χ2n) is 4.60. The van der Waals surface area contributed by atoms with Gasteiger partial charge in [0.25, 0.3) is 0 Å². The monoisotopic (exact) mass is 313 g/mol. The fourth-order valence-corrected chi connectivity index (χ4v) is 2.03. The highest BCUT2D eigenvalue weighted by Gasteiger charge is 2.18. The van der Waals surface area contributed by atoms with Gasteiger partial charge in [0.2, 0.25) is 0 Å². The van der Waals surface area contributed by atoms with Gasteiger partial charge >= 0.3 is 5.97 Å². The highest BCUT2D eigenvalue weighted by Crippen LogP contribution is 2.17. The minimum absolute atomic E-state index is 0.179. The average molecular weight is 314 g/mol. The van der Waals surface area contributed by atoms with Crippen molar-refractivity contribution in [3.05, 3.63) is 71.0 Å². The van der Waals surface area contributed by atoms with E-state index in [-0.39, 0.29) is 5.69 Å². The Kier molecular flexibility index (Phi) is 3.89. The van der Waals surface area contributed by atoms with Gasteiger partial charge < -0.3 is 4.74 Å². The Bertz CT molecular complexity index is 798. The smallest absolute Gasteiger partial charge is 0.366 e. The lowest BCUT2D eigenvalue weighted by Gasteiger charge is -2.02. The maximum Gasteiger partial charge on any atom is 0.366 e. The quantitative estimate of drug-likeness (QED) is 0.549. The summed E-state index contributed by atoms with van der Waals surface area (Å²) in [5.74, 6) is -0.148. The van der Waals surface area contributed by atoms with Crippen LogP contribution < -0.4 is 4.74 Å². The molecule has 3 aromatic rings. The van der Waals surface area contributed by atoms with Crippen molar-refractivity contribution >= 4 is 17.6 Å². The molecule has 0 spiro atoms. The number of carbonyl (C=O) groups is 1. The first-order valence-corrected chi connectivity index (χ1v) is 6.98. The van der Waals surface area contributed by atoms with Crippen LogP contribution in [0.5, 0.6) is 5.75 Å². The zero-order chi connectivity index (χ0) is 15.5. The molecule has 1 heterocycles. The predicted octanol–water partition coefficient (Wildman–Crippen LogP) is 3.45. The van der Waals surface area contributed by atoms with Crippen LogP contribution in [0.4, 0.5) is 0 Å². The van der Waals surface area contributed by atoms with Crippen LogP contribution in [0.2, 0.25) is 5.02 Å². The van der Waals surface area contributed by atoms with Crippen molar-refractivity contribution in [1.82, 2.24) is 15.0 Å². The largest absolute Gasteiger partial charge is 0.422 e. The molecule has 5 nitrogen and oxygen atoms in total. The van der Waals surface area contributed by atoms with Crippen molar-refractivity contribution in [2.45, 2.75) is 6.92 Å². The molecule has 0 aliphatic heterocycles. The molecular weight excluding hydrogens is 302 g/mol. The molecule has 110 valence electrons. The standard InChI is InChI=1S/C16H12ClN3O2/c1-11-15(16(21)22-14-9-7-12(17)8-10-14)19-20(18-11)13-5-3-2-4-6-13/h2-10H,1H3. The van der Waals surface area contributed by atoms with Crippen LogP contribution >= 0.6 is 11.6 Å². The second-order valence-corrected chi connectivity index (χ2v) is 5.04. The van der Waals surface area contributed by atoms with Crippen molar-refractivity contribution in [1.29, 1.82) is 0 Å². The lowest BCUT2D eigenvalue weighted by atomic mass is 10.3. The van der Waals surface area contributed by atoms with E-state index in [1.807, 2.05) is 30.3 Å². The third-order valence-corrected chi connectivity index (χ3v) is 3.24. The summed E-state index contributed by atoms with van der Waals surface area (Å²) in [6.45, 7) is 1.71. The molecule has 0 N–H and O–H groups in total. The van der Waals surface area contributed by atoms with Crippen LogP contribution in [0, 0.1) is 6.92 Å². The Labute approximate surface area is 132 Å². The molecule has 0 aliphatic carbocycles. The van der Waals surface area contributed by atoms with Gasteiger partial charge in [0, 0.05) is 5.02 Å². The van der Waals surface area contributed by atoms with Gasteiger partial charge in [-0.25, -0.2) is 4.79 Å². The maximum absolute atomic E-state index is 12.2. The Hall–Kier alpha value is -2.66. The molecule has 2 aromatic carbocycles. The number of benzene rings is 2. The maximum atomic E-state index is 12.2. The van der Waals surface area contributed by atoms with E-state index in [4.69, 9.17) is 16.3 Å². The minimum Gasteiger partial charge on any atom is -0.422 e. The number of para-hydroxylation sites is 1. The van der Waals surface area contributed by atoms with Crippen molar-refractivity contribution in [3.8, 4) is 11.4 Å². The Morgan fingerprint density at radius 2 is 1.73 bits per heavy atom. The van der Waals surface area contributed by atoms with E-state index in [9.17, 15) is 4.79 Å². The summed E-state index contributed by atoms with van der Waals surface area (Å²) in [5, 5.41) is 9.01. The van der Waals surface area contributed by atoms with Crippen LogP contribution in [-0.4, -0.2) is 21.0 Å². The molecule has 0 saturated heterocycles. The van der Waals surface area contributed by atoms with E-state index in [0.717, 1.165) is 5.69 Å². The minimum atomic E-state index is -0.554. The summed E-state index contributed by atoms with van der Waals surface area (Å²) in [6, 6.07) is 15.9. The molecule has 0 bridgehead atoms. The van der Waals surface area contributed by atoms with Crippen LogP contribution in [0.25, 0.3) is 5.69 Å². The lowest BCUT2D eigenvalue weighted by Crippen LogP contribution is -2.11. The molecule has 3 rings (SSSR count). The normalized spacial score (nSPS) is 10.5. The number of nitrogens with zero attached hydrogens (tertiary/aromatic N) is 3. The second kappa shape index (κ2) is 5.99. The molecule has 1 aromatic heterocycles. The van der Waals surface area contributed by atoms with E-state index < -0.39 is 5.97 Å². The molecule has 0 aliphatic rings. The number of aryl methyl sites for hydroxylation is 1. The number of esters is 1. The first-order valence-electron chi connectivity index (χ1n) is 6.60. The highest BCUT2D eigenvalue weighted by atomic mass is 35.5. The van der Waals surface area contributed by atoms with Crippen molar-refractivity contribution < 1.29 is 9.53 Å². The van der Waals surface area contributed by atoms with E-state index in [2.05, 4.69) is 10.2 Å². The van der Waals surface area contributed by atoms with Crippen molar-refractivity contribution in [2.75, 3.05) is 0 Å². The number of hydrogen-bond donors (Lipinski definition) is 0. The lowest BCUT2D eigenvalue weighted by molar-refractivity contribution is 0.0727. The fourth-order valence-electron chi connectivity index (χ4n) is 1.90. The number of rotatable bonds is 3. The van der Waals surface area contributed by atoms with Crippen molar-refractivity contribution in [3.63, 3.8) is 0 Å². The van der Waals surface area contributed by atoms with Crippen LogP contribution in [-0.2, 0) is 0 Å². The Morgan fingerprint density at radius 1 is 1.05 bits per heavy atom. The van der Waals surface area contributed by atoms with Gasteiger partial charge in [-0.05, 0) is 43.3 Å². The van der Waals surface area contributed by atoms with E-state index >= 15 is 0 Å². The Morgan fingerprint density at radius 3 is 2.41 bits per heavy atom. The van der Waals surface area contributed by atoms with E-state index in [1.54, 1.807) is 31.2 Å². The number of hydrogen-bond acceptors (Lipinski definition) is 4. The summed E-state index contributed by atoms with van der Waals surface area (Å²) in [6.07, 6.45) is 0. The summed E-state index contributed by atoms with van der Waals surface area (Å²) < 4.78 is 5.27. The predicted molar refractivity (Wildman–Crippen MR) is 82.5 cm³/mol. The fraction of sp³-hybridized carbons (Fsp3) is 0.0625. The summed E-state index contributed by atoms with van der Waals surface area (Å²) >= 11 is 5.80. The molecule has 0 atom stereocenters. The van der Waals surface area contributed by atoms with Gasteiger partial charge in [-0.3, -0.25) is 0 Å². The van der Waals surface area contributed by atoms with E-state index in [0.29, 0.717) is 16.5 Å². The summed E-state index contributed by atoms with van der Waals surface area (Å²) in [7, 11) is 0. The van der Waals surface area contributed by atoms with Gasteiger partial charge in [-0.1, -0.05) is 29.8 Å². The molecule has 0 radical (unpaired) electrons. The van der Waals surface area contributed by atoms with Gasteiger partial charge in [-0.2, -0.15) is 9.90 Å². The van der Waals surface area contributed by atoms with Gasteiger partial charge in [0.15, 0.2) is 5.69 Å². The summed E-state index contributed by atoms with van der Waals surface area (Å²) in [4.78, 5) is 13.6. The topological polar surface area (TPSA) is 57.0 Å². The molecule has 22 heavy (non-hydrogen) atoms. The number of ether oxygens (including phenoxy) is 1. The van der Waals surface area contributed by atoms with Gasteiger partial charge in [0.05, 0.1) is 11.4 Å². The molecular formula is C16H12ClN3O2. The average Bonchev–Trinajstić information content (AvgIpc) is 2.92. The molecule has 6 heteroatoms. The van der Waals surface area contributed by atoms with Crippen molar-refractivity contribution in [2.24, 2.45) is 0 Å². The highest BCUT2D eigenvalue weighted by molar-refractivity contribution is 6.30. The first kappa shape index (κ1) is 14.3. The number of aromatic nitrogens is 3. The third kappa shape index (κ3) is 2.99. The molecule has 0 amide bonds. The Balaban J connectivity index is 1.84. The number of carbonyl (C=O) groups excluding carboxylic acids is 1. The third-order valence-electron chi connectivity index (χ3n) is 2.99. The molecule has 0 saturated carbocycles. The molecule has 0 unspecified atom stereocenters. The van der Waals surface area contributed by atoms with Crippen LogP contribution in [0.3, 0.4) is 0 Å². The van der Waals surface area contributed by atoms with Crippen LogP contribution in [0.1, 0.15) is 16.2 Å². The van der Waals surface area contributed by atoms with Crippen LogP contribution in [0.15, 0.2) is 54.6 Å². The van der Waals surface area contributed by atoms with Gasteiger partial charge in [0.1, 0.15) is 5.75 Å². The SMILES string of the molecule is Cc1nn(-c2ccccc2)nc1C(=O)Oc1ccc(Cl)cc1.